The number of hydrogen-bond donors (Lipinski definition) is 2. The maximum absolute atomic E-state index is 11.8. The van der Waals surface area contributed by atoms with Gasteiger partial charge in [-0.2, -0.15) is 4.98 Å². The smallest absolute Gasteiger partial charge is 0.228 e. The van der Waals surface area contributed by atoms with E-state index >= 15 is 0 Å². The minimum Gasteiger partial charge on any atom is -0.355 e. The van der Waals surface area contributed by atoms with E-state index in [0.29, 0.717) is 18.9 Å². The Morgan fingerprint density at radius 2 is 2.47 bits per heavy atom. The summed E-state index contributed by atoms with van der Waals surface area (Å²) in [4.78, 5) is 15.7. The summed E-state index contributed by atoms with van der Waals surface area (Å²) in [7, 11) is 0. The molecule has 0 spiro atoms. The number of nitrogens with zero attached hydrogens (tertiary/aromatic N) is 2. The number of rotatable bonds is 4. The van der Waals surface area contributed by atoms with Crippen LogP contribution in [0, 0.1) is 5.92 Å². The van der Waals surface area contributed by atoms with Crippen molar-refractivity contribution in [2.24, 2.45) is 11.7 Å². The minimum atomic E-state index is 0.0708. The summed E-state index contributed by atoms with van der Waals surface area (Å²) in [6, 6.07) is 0.176. The fourth-order valence-corrected chi connectivity index (χ4v) is 2.21. The van der Waals surface area contributed by atoms with Gasteiger partial charge in [0.2, 0.25) is 11.8 Å². The quantitative estimate of drug-likeness (QED) is 0.784. The second kappa shape index (κ2) is 5.77. The largest absolute Gasteiger partial charge is 0.355 e. The number of carbonyl (C=O) groups excluding carboxylic acids is 1. The summed E-state index contributed by atoms with van der Waals surface area (Å²) in [5, 5.41) is 6.39. The maximum atomic E-state index is 11.8. The first kappa shape index (κ1) is 12.0. The zero-order chi connectivity index (χ0) is 12.1. The van der Waals surface area contributed by atoms with Gasteiger partial charge < -0.3 is 15.6 Å². The van der Waals surface area contributed by atoms with E-state index in [9.17, 15) is 4.79 Å². The molecule has 1 saturated carbocycles. The van der Waals surface area contributed by atoms with Crippen molar-refractivity contribution in [2.75, 3.05) is 6.54 Å². The highest BCUT2D eigenvalue weighted by Gasteiger charge is 2.24. The molecule has 0 aliphatic heterocycles. The van der Waals surface area contributed by atoms with Crippen LogP contribution in [0.25, 0.3) is 0 Å². The van der Waals surface area contributed by atoms with Crippen molar-refractivity contribution in [3.05, 3.63) is 12.2 Å². The Morgan fingerprint density at radius 3 is 3.18 bits per heavy atom. The third-order valence-electron chi connectivity index (χ3n) is 3.13. The van der Waals surface area contributed by atoms with Gasteiger partial charge in [0, 0.05) is 24.9 Å². The molecule has 2 unspecified atom stereocenters. The monoisotopic (exact) mass is 238 g/mol. The first-order valence-electron chi connectivity index (χ1n) is 6.04. The van der Waals surface area contributed by atoms with Crippen LogP contribution in [0.1, 0.15) is 31.6 Å². The van der Waals surface area contributed by atoms with Crippen LogP contribution in [0.2, 0.25) is 0 Å². The molecule has 1 aromatic heterocycles. The summed E-state index contributed by atoms with van der Waals surface area (Å²) in [6.45, 7) is 0.534. The Morgan fingerprint density at radius 1 is 1.59 bits per heavy atom. The van der Waals surface area contributed by atoms with Crippen LogP contribution >= 0.6 is 0 Å². The molecule has 1 fully saturated rings. The predicted molar refractivity (Wildman–Crippen MR) is 60.9 cm³/mol. The van der Waals surface area contributed by atoms with Gasteiger partial charge in [-0.1, -0.05) is 11.6 Å². The molecule has 1 amide bonds. The lowest BCUT2D eigenvalue weighted by molar-refractivity contribution is -0.126. The topological polar surface area (TPSA) is 94.0 Å². The van der Waals surface area contributed by atoms with E-state index in [-0.39, 0.29) is 17.9 Å². The highest BCUT2D eigenvalue weighted by atomic mass is 16.5. The molecule has 0 bridgehead atoms. The first-order chi connectivity index (χ1) is 8.25. The first-order valence-corrected chi connectivity index (χ1v) is 6.04. The van der Waals surface area contributed by atoms with Crippen molar-refractivity contribution in [3.63, 3.8) is 0 Å². The third-order valence-corrected chi connectivity index (χ3v) is 3.13. The Bertz CT molecular complexity index is 352. The van der Waals surface area contributed by atoms with Crippen molar-refractivity contribution in [3.8, 4) is 0 Å². The standard InChI is InChI=1S/C11H18N4O2/c12-9-3-1-2-8(6-9)11(16)13-5-4-10-14-7-15-17-10/h7-9H,1-6,12H2,(H,13,16). The van der Waals surface area contributed by atoms with E-state index in [0.717, 1.165) is 25.7 Å². The predicted octanol–water partition coefficient (Wildman–Crippen LogP) is 0.246. The van der Waals surface area contributed by atoms with Gasteiger partial charge in [0.1, 0.15) is 0 Å². The molecule has 0 saturated heterocycles. The van der Waals surface area contributed by atoms with Crippen LogP contribution in [0.5, 0.6) is 0 Å². The van der Waals surface area contributed by atoms with Gasteiger partial charge >= 0.3 is 0 Å². The Hall–Kier alpha value is -1.43. The highest BCUT2D eigenvalue weighted by molar-refractivity contribution is 5.78. The van der Waals surface area contributed by atoms with Crippen molar-refractivity contribution in [1.82, 2.24) is 15.5 Å². The van der Waals surface area contributed by atoms with Crippen LogP contribution in [0.4, 0.5) is 0 Å². The molecule has 2 atom stereocenters. The van der Waals surface area contributed by atoms with Crippen molar-refractivity contribution in [1.29, 1.82) is 0 Å². The van der Waals surface area contributed by atoms with E-state index in [2.05, 4.69) is 15.5 Å². The van der Waals surface area contributed by atoms with Gasteiger partial charge in [-0.15, -0.1) is 0 Å². The molecule has 0 radical (unpaired) electrons. The van der Waals surface area contributed by atoms with Crippen LogP contribution < -0.4 is 11.1 Å². The highest BCUT2D eigenvalue weighted by Crippen LogP contribution is 2.22. The molecule has 1 heterocycles. The number of carbonyl (C=O) groups is 1. The summed E-state index contributed by atoms with van der Waals surface area (Å²) < 4.78 is 4.85. The molecular weight excluding hydrogens is 220 g/mol. The fraction of sp³-hybridized carbons (Fsp3) is 0.727. The lowest BCUT2D eigenvalue weighted by Crippen LogP contribution is -2.38. The Labute approximate surface area is 99.9 Å². The average molecular weight is 238 g/mol. The van der Waals surface area contributed by atoms with Gasteiger partial charge in [-0.3, -0.25) is 4.79 Å². The van der Waals surface area contributed by atoms with Gasteiger partial charge in [-0.25, -0.2) is 0 Å². The van der Waals surface area contributed by atoms with E-state index in [1.807, 2.05) is 0 Å². The molecular formula is C11H18N4O2. The van der Waals surface area contributed by atoms with Crippen LogP contribution in [-0.2, 0) is 11.2 Å². The van der Waals surface area contributed by atoms with Crippen LogP contribution in [0.15, 0.2) is 10.9 Å². The van der Waals surface area contributed by atoms with E-state index in [1.165, 1.54) is 6.33 Å². The fourth-order valence-electron chi connectivity index (χ4n) is 2.21. The number of nitrogens with one attached hydrogen (secondary N) is 1. The summed E-state index contributed by atoms with van der Waals surface area (Å²) in [6.07, 6.45) is 5.75. The molecule has 3 N–H and O–H groups in total. The third kappa shape index (κ3) is 3.52. The zero-order valence-electron chi connectivity index (χ0n) is 9.76. The molecule has 2 rings (SSSR count). The molecule has 1 aromatic rings. The average Bonchev–Trinajstić information content (AvgIpc) is 2.82. The van der Waals surface area contributed by atoms with Crippen molar-refractivity contribution >= 4 is 5.91 Å². The molecule has 1 aliphatic rings. The molecule has 6 heteroatoms. The van der Waals surface area contributed by atoms with E-state index in [1.54, 1.807) is 0 Å². The molecule has 1 aliphatic carbocycles. The van der Waals surface area contributed by atoms with Gasteiger partial charge in [0.25, 0.3) is 0 Å². The summed E-state index contributed by atoms with van der Waals surface area (Å²) in [5.74, 6) is 0.715. The van der Waals surface area contributed by atoms with Gasteiger partial charge in [0.05, 0.1) is 0 Å². The lowest BCUT2D eigenvalue weighted by atomic mass is 9.85. The van der Waals surface area contributed by atoms with Crippen molar-refractivity contribution in [2.45, 2.75) is 38.1 Å². The zero-order valence-corrected chi connectivity index (χ0v) is 9.76. The normalized spacial score (nSPS) is 24.5. The summed E-state index contributed by atoms with van der Waals surface area (Å²) in [5.41, 5.74) is 5.86. The van der Waals surface area contributed by atoms with Crippen LogP contribution in [0.3, 0.4) is 0 Å². The van der Waals surface area contributed by atoms with Gasteiger partial charge in [-0.05, 0) is 19.3 Å². The van der Waals surface area contributed by atoms with E-state index < -0.39 is 0 Å². The van der Waals surface area contributed by atoms with Crippen molar-refractivity contribution < 1.29 is 9.32 Å². The second-order valence-electron chi connectivity index (χ2n) is 4.50. The molecule has 94 valence electrons. The molecule has 0 aromatic carbocycles. The minimum absolute atomic E-state index is 0.0708. The number of amides is 1. The van der Waals surface area contributed by atoms with Gasteiger partial charge in [0.15, 0.2) is 6.33 Å². The number of hydrogen-bond acceptors (Lipinski definition) is 5. The second-order valence-corrected chi connectivity index (χ2v) is 4.50. The van der Waals surface area contributed by atoms with E-state index in [4.69, 9.17) is 10.3 Å². The molecule has 17 heavy (non-hydrogen) atoms. The maximum Gasteiger partial charge on any atom is 0.228 e. The number of nitrogens with two attached hydrogens (primary N) is 1. The molecule has 6 nitrogen and oxygen atoms in total. The lowest BCUT2D eigenvalue weighted by Gasteiger charge is -2.25. The SMILES string of the molecule is NC1CCCC(C(=O)NCCc2ncno2)C1. The Kier molecular flexibility index (Phi) is 4.08. The Balaban J connectivity index is 1.70. The number of aromatic nitrogens is 2. The van der Waals surface area contributed by atoms with Crippen LogP contribution in [-0.4, -0.2) is 28.6 Å². The summed E-state index contributed by atoms with van der Waals surface area (Å²) >= 11 is 0.